The lowest BCUT2D eigenvalue weighted by molar-refractivity contribution is 0.478. The molecule has 0 spiro atoms. The molecule has 4 nitrogen and oxygen atoms in total. The second-order valence-electron chi connectivity index (χ2n) is 4.51. The number of rotatable bonds is 3. The monoisotopic (exact) mass is 266 g/mol. The molecule has 1 atom stereocenters. The first kappa shape index (κ1) is 13.6. The van der Waals surface area contributed by atoms with Gasteiger partial charge in [-0.3, -0.25) is 10.5 Å². The molecule has 0 radical (unpaired) electrons. The third kappa shape index (κ3) is 2.24. The van der Waals surface area contributed by atoms with E-state index in [-0.39, 0.29) is 11.1 Å². The fourth-order valence-electron chi connectivity index (χ4n) is 2.03. The number of hydrazine groups is 1. The minimum absolute atomic E-state index is 0.168. The summed E-state index contributed by atoms with van der Waals surface area (Å²) in [6.07, 6.45) is 1.59. The van der Waals surface area contributed by atoms with Crippen molar-refractivity contribution in [3.63, 3.8) is 0 Å². The van der Waals surface area contributed by atoms with Crippen molar-refractivity contribution in [2.24, 2.45) is 12.9 Å². The Hall–Kier alpha value is -1.79. The molecule has 0 aliphatic carbocycles. The number of nitrogens with one attached hydrogen (secondary N) is 1. The molecule has 0 aliphatic heterocycles. The Balaban J connectivity index is 2.55. The lowest BCUT2D eigenvalue weighted by atomic mass is 9.98. The maximum Gasteiger partial charge on any atom is 0.164 e. The van der Waals surface area contributed by atoms with E-state index in [4.69, 9.17) is 5.84 Å². The highest BCUT2D eigenvalue weighted by Crippen LogP contribution is 2.28. The SMILES string of the molecule is Cc1ccc(C(NN)c2cnn(C)c2C)c(F)c1F. The van der Waals surface area contributed by atoms with Crippen molar-refractivity contribution >= 4 is 0 Å². The minimum Gasteiger partial charge on any atom is -0.273 e. The second kappa shape index (κ2) is 5.07. The fraction of sp³-hybridized carbons (Fsp3) is 0.308. The van der Waals surface area contributed by atoms with Crippen LogP contribution in [0.4, 0.5) is 8.78 Å². The molecule has 102 valence electrons. The topological polar surface area (TPSA) is 55.9 Å². The largest absolute Gasteiger partial charge is 0.273 e. The molecule has 6 heteroatoms. The number of hydrogen-bond donors (Lipinski definition) is 2. The average molecular weight is 266 g/mol. The molecule has 0 aliphatic rings. The molecular weight excluding hydrogens is 250 g/mol. The van der Waals surface area contributed by atoms with Gasteiger partial charge in [0.2, 0.25) is 0 Å². The minimum atomic E-state index is -0.883. The van der Waals surface area contributed by atoms with Gasteiger partial charge in [-0.15, -0.1) is 0 Å². The van der Waals surface area contributed by atoms with E-state index in [0.29, 0.717) is 5.56 Å². The first-order valence-electron chi connectivity index (χ1n) is 5.86. The Labute approximate surface area is 110 Å². The van der Waals surface area contributed by atoms with E-state index < -0.39 is 17.7 Å². The van der Waals surface area contributed by atoms with Crippen LogP contribution < -0.4 is 11.3 Å². The predicted octanol–water partition coefficient (Wildman–Crippen LogP) is 1.87. The maximum atomic E-state index is 14.0. The fourth-order valence-corrected chi connectivity index (χ4v) is 2.03. The van der Waals surface area contributed by atoms with E-state index in [0.717, 1.165) is 5.69 Å². The molecule has 2 rings (SSSR count). The smallest absolute Gasteiger partial charge is 0.164 e. The van der Waals surface area contributed by atoms with E-state index in [1.165, 1.54) is 19.1 Å². The van der Waals surface area contributed by atoms with Gasteiger partial charge in [0.1, 0.15) is 0 Å². The lowest BCUT2D eigenvalue weighted by Crippen LogP contribution is -2.30. The van der Waals surface area contributed by atoms with E-state index in [9.17, 15) is 8.78 Å². The first-order chi connectivity index (χ1) is 8.97. The summed E-state index contributed by atoms with van der Waals surface area (Å²) in [6.45, 7) is 3.36. The van der Waals surface area contributed by atoms with Crippen LogP contribution in [0, 0.1) is 25.5 Å². The van der Waals surface area contributed by atoms with E-state index in [1.807, 2.05) is 6.92 Å². The molecule has 0 saturated heterocycles. The van der Waals surface area contributed by atoms with Gasteiger partial charge in [-0.2, -0.15) is 5.10 Å². The van der Waals surface area contributed by atoms with E-state index >= 15 is 0 Å². The third-order valence-corrected chi connectivity index (χ3v) is 3.37. The van der Waals surface area contributed by atoms with Crippen LogP contribution in [0.2, 0.25) is 0 Å². The Morgan fingerprint density at radius 3 is 2.42 bits per heavy atom. The second-order valence-corrected chi connectivity index (χ2v) is 4.51. The zero-order chi connectivity index (χ0) is 14.2. The first-order valence-corrected chi connectivity index (χ1v) is 5.86. The zero-order valence-electron chi connectivity index (χ0n) is 11.0. The summed E-state index contributed by atoms with van der Waals surface area (Å²) in [5.74, 6) is 3.76. The Morgan fingerprint density at radius 1 is 1.21 bits per heavy atom. The highest BCUT2D eigenvalue weighted by Gasteiger charge is 2.23. The van der Waals surface area contributed by atoms with Crippen molar-refractivity contribution in [3.05, 3.63) is 52.3 Å². The van der Waals surface area contributed by atoms with Crippen LogP contribution in [-0.4, -0.2) is 9.78 Å². The standard InChI is InChI=1S/C13H16F2N4/c1-7-4-5-9(12(15)11(7)14)13(18-16)10-6-17-19(3)8(10)2/h4-6,13,18H,16H2,1-3H3. The molecule has 1 unspecified atom stereocenters. The third-order valence-electron chi connectivity index (χ3n) is 3.37. The summed E-state index contributed by atoms with van der Waals surface area (Å²) in [5.41, 5.74) is 4.50. The van der Waals surface area contributed by atoms with Gasteiger partial charge >= 0.3 is 0 Å². The molecule has 2 aromatic rings. The summed E-state index contributed by atoms with van der Waals surface area (Å²) in [6, 6.07) is 2.43. The molecule has 0 bridgehead atoms. The number of halogens is 2. The van der Waals surface area contributed by atoms with Crippen LogP contribution in [-0.2, 0) is 7.05 Å². The average Bonchev–Trinajstić information content (AvgIpc) is 2.72. The summed E-state index contributed by atoms with van der Waals surface area (Å²) in [7, 11) is 1.78. The van der Waals surface area contributed by atoms with Crippen molar-refractivity contribution < 1.29 is 8.78 Å². The maximum absolute atomic E-state index is 14.0. The molecule has 1 heterocycles. The number of nitrogens with two attached hydrogens (primary N) is 1. The van der Waals surface area contributed by atoms with Crippen molar-refractivity contribution in [2.45, 2.75) is 19.9 Å². The number of aromatic nitrogens is 2. The molecule has 0 fully saturated rings. The quantitative estimate of drug-likeness (QED) is 0.658. The van der Waals surface area contributed by atoms with Gasteiger partial charge in [-0.05, 0) is 19.4 Å². The van der Waals surface area contributed by atoms with Crippen LogP contribution in [0.15, 0.2) is 18.3 Å². The number of nitrogens with zero attached hydrogens (tertiary/aromatic N) is 2. The van der Waals surface area contributed by atoms with Gasteiger partial charge in [-0.25, -0.2) is 14.2 Å². The molecule has 19 heavy (non-hydrogen) atoms. The van der Waals surface area contributed by atoms with E-state index in [1.54, 1.807) is 17.9 Å². The normalized spacial score (nSPS) is 12.7. The van der Waals surface area contributed by atoms with Gasteiger partial charge in [0.25, 0.3) is 0 Å². The van der Waals surface area contributed by atoms with Gasteiger partial charge in [0.15, 0.2) is 11.6 Å². The van der Waals surface area contributed by atoms with Gasteiger partial charge in [0.05, 0.1) is 12.2 Å². The summed E-state index contributed by atoms with van der Waals surface area (Å²) in [4.78, 5) is 0. The number of hydrogen-bond acceptors (Lipinski definition) is 3. The highest BCUT2D eigenvalue weighted by molar-refractivity contribution is 5.36. The molecule has 1 aromatic heterocycles. The van der Waals surface area contributed by atoms with Crippen molar-refractivity contribution in [1.82, 2.24) is 15.2 Å². The highest BCUT2D eigenvalue weighted by atomic mass is 19.2. The van der Waals surface area contributed by atoms with Crippen molar-refractivity contribution in [2.75, 3.05) is 0 Å². The molecule has 0 saturated carbocycles. The Bertz CT molecular complexity index is 607. The lowest BCUT2D eigenvalue weighted by Gasteiger charge is -2.17. The zero-order valence-corrected chi connectivity index (χ0v) is 11.0. The van der Waals surface area contributed by atoms with Gasteiger partial charge in [-0.1, -0.05) is 12.1 Å². The Kier molecular flexibility index (Phi) is 3.64. The molecule has 3 N–H and O–H groups in total. The van der Waals surface area contributed by atoms with Crippen LogP contribution in [0.25, 0.3) is 0 Å². The van der Waals surface area contributed by atoms with Crippen LogP contribution >= 0.6 is 0 Å². The van der Waals surface area contributed by atoms with Crippen molar-refractivity contribution in [1.29, 1.82) is 0 Å². The van der Waals surface area contributed by atoms with Crippen LogP contribution in [0.1, 0.15) is 28.4 Å². The Morgan fingerprint density at radius 2 is 1.89 bits per heavy atom. The van der Waals surface area contributed by atoms with Gasteiger partial charge < -0.3 is 0 Å². The van der Waals surface area contributed by atoms with Crippen LogP contribution in [0.5, 0.6) is 0 Å². The number of benzene rings is 1. The van der Waals surface area contributed by atoms with E-state index in [2.05, 4.69) is 10.5 Å². The van der Waals surface area contributed by atoms with Crippen molar-refractivity contribution in [3.8, 4) is 0 Å². The predicted molar refractivity (Wildman–Crippen MR) is 68.2 cm³/mol. The molecule has 1 aromatic carbocycles. The summed E-state index contributed by atoms with van der Waals surface area (Å²) in [5, 5.41) is 4.09. The molecule has 0 amide bonds. The molecular formula is C13H16F2N4. The number of aryl methyl sites for hydroxylation is 2. The van der Waals surface area contributed by atoms with Gasteiger partial charge in [0, 0.05) is 23.9 Å². The van der Waals surface area contributed by atoms with Crippen LogP contribution in [0.3, 0.4) is 0 Å². The summed E-state index contributed by atoms with van der Waals surface area (Å²) >= 11 is 0. The summed E-state index contributed by atoms with van der Waals surface area (Å²) < 4.78 is 29.3.